The lowest BCUT2D eigenvalue weighted by molar-refractivity contribution is -0.331. The second-order valence-corrected chi connectivity index (χ2v) is 5.96. The van der Waals surface area contributed by atoms with Gasteiger partial charge in [0, 0.05) is 20.8 Å². The molecule has 2 heterocycles. The number of hydrogen-bond donors (Lipinski definition) is 1. The number of carbonyl (C=O) groups excluding carboxylic acids is 3. The van der Waals surface area contributed by atoms with Crippen LogP contribution in [0.5, 0.6) is 0 Å². The molecule has 2 aliphatic heterocycles. The molecule has 2 rings (SSSR count). The van der Waals surface area contributed by atoms with Crippen LogP contribution < -0.4 is 5.73 Å². The van der Waals surface area contributed by atoms with Gasteiger partial charge in [-0.05, 0) is 12.8 Å². The molecular formula is C14H21F2N3O7. The van der Waals surface area contributed by atoms with Gasteiger partial charge in [-0.15, -0.1) is 0 Å². The molecule has 2 atom stereocenters. The molecule has 0 unspecified atom stereocenters. The highest BCUT2D eigenvalue weighted by atomic mass is 19.3. The first-order chi connectivity index (χ1) is 12.2. The molecule has 2 fully saturated rings. The topological polar surface area (TPSA) is 121 Å². The van der Waals surface area contributed by atoms with E-state index in [4.69, 9.17) is 15.2 Å². The molecule has 0 radical (unpaired) electrons. The Balaban J connectivity index is 2.03. The predicted octanol–water partition coefficient (Wildman–Crippen LogP) is -0.531. The smallest absolute Gasteiger partial charge is 0.451 e. The van der Waals surface area contributed by atoms with Crippen molar-refractivity contribution in [3.05, 3.63) is 0 Å². The van der Waals surface area contributed by atoms with E-state index in [1.165, 1.54) is 14.2 Å². The largest absolute Gasteiger partial charge is 0.477 e. The van der Waals surface area contributed by atoms with Crippen molar-refractivity contribution in [3.8, 4) is 0 Å². The minimum Gasteiger partial charge on any atom is -0.451 e. The molecule has 2 aliphatic rings. The van der Waals surface area contributed by atoms with Crippen LogP contribution in [0.2, 0.25) is 0 Å². The van der Waals surface area contributed by atoms with Crippen molar-refractivity contribution in [2.24, 2.45) is 5.73 Å². The lowest BCUT2D eigenvalue weighted by Gasteiger charge is -2.28. The zero-order chi connectivity index (χ0) is 19.5. The fourth-order valence-corrected chi connectivity index (χ4v) is 2.92. The van der Waals surface area contributed by atoms with Gasteiger partial charge < -0.3 is 24.8 Å². The van der Waals surface area contributed by atoms with Gasteiger partial charge in [0.1, 0.15) is 12.1 Å². The number of carbonyl (C=O) groups is 3. The molecule has 3 amide bonds. The Morgan fingerprint density at radius 2 is 1.88 bits per heavy atom. The first-order valence-corrected chi connectivity index (χ1v) is 7.86. The molecule has 2 bridgehead atoms. The quantitative estimate of drug-likeness (QED) is 0.533. The summed E-state index contributed by atoms with van der Waals surface area (Å²) >= 11 is 0. The Morgan fingerprint density at radius 1 is 1.27 bits per heavy atom. The zero-order valence-electron chi connectivity index (χ0n) is 14.4. The molecule has 2 saturated heterocycles. The normalized spacial score (nSPS) is 22.9. The van der Waals surface area contributed by atoms with Crippen molar-refractivity contribution in [2.45, 2.75) is 37.1 Å². The Labute approximate surface area is 148 Å². The van der Waals surface area contributed by atoms with Crippen LogP contribution in [0.25, 0.3) is 0 Å². The molecule has 26 heavy (non-hydrogen) atoms. The minimum absolute atomic E-state index is 0.00748. The van der Waals surface area contributed by atoms with Crippen LogP contribution in [0.15, 0.2) is 0 Å². The maximum absolute atomic E-state index is 14.1. The maximum Gasteiger partial charge on any atom is 0.477 e. The van der Waals surface area contributed by atoms with Gasteiger partial charge in [-0.3, -0.25) is 4.79 Å². The second kappa shape index (κ2) is 8.10. The lowest BCUT2D eigenvalue weighted by Crippen LogP contribution is -2.48. The summed E-state index contributed by atoms with van der Waals surface area (Å²) in [4.78, 5) is 40.8. The number of fused-ring (bicyclic) bond motifs is 2. The monoisotopic (exact) mass is 381 g/mol. The van der Waals surface area contributed by atoms with Gasteiger partial charge in [-0.1, -0.05) is 0 Å². The number of halogens is 2. The Morgan fingerprint density at radius 3 is 2.42 bits per heavy atom. The van der Waals surface area contributed by atoms with Gasteiger partial charge in [0.25, 0.3) is 0 Å². The number of esters is 1. The molecule has 0 saturated carbocycles. The molecular weight excluding hydrogens is 360 g/mol. The number of nitrogens with zero attached hydrogens (tertiary/aromatic N) is 2. The van der Waals surface area contributed by atoms with Crippen LogP contribution in [0.3, 0.4) is 0 Å². The number of primary amides is 1. The van der Waals surface area contributed by atoms with E-state index in [1.807, 2.05) is 0 Å². The number of hydroxylamine groups is 2. The highest BCUT2D eigenvalue weighted by Gasteiger charge is 2.54. The number of alkyl halides is 2. The number of nitrogens with two attached hydrogens (primary N) is 1. The van der Waals surface area contributed by atoms with Crippen molar-refractivity contribution < 1.29 is 42.2 Å². The molecule has 148 valence electrons. The van der Waals surface area contributed by atoms with Gasteiger partial charge in [0.05, 0.1) is 19.3 Å². The Kier molecular flexibility index (Phi) is 6.31. The Hall–Kier alpha value is -2.05. The van der Waals surface area contributed by atoms with E-state index in [9.17, 15) is 23.2 Å². The molecule has 0 aliphatic carbocycles. The number of methoxy groups -OCH3 is 2. The summed E-state index contributed by atoms with van der Waals surface area (Å²) in [5.74, 6) is -2.71. The number of rotatable bonds is 9. The van der Waals surface area contributed by atoms with Crippen molar-refractivity contribution in [1.82, 2.24) is 9.96 Å². The molecule has 0 aromatic carbocycles. The Bertz CT molecular complexity index is 557. The summed E-state index contributed by atoms with van der Waals surface area (Å²) in [6.45, 7) is -0.308. The number of piperidine rings is 1. The van der Waals surface area contributed by atoms with Crippen molar-refractivity contribution in [2.75, 3.05) is 34.0 Å². The molecule has 0 aromatic heterocycles. The van der Waals surface area contributed by atoms with E-state index in [0.29, 0.717) is 5.06 Å². The van der Waals surface area contributed by atoms with E-state index in [1.54, 1.807) is 0 Å². The third-order valence-corrected chi connectivity index (χ3v) is 4.08. The molecule has 0 spiro atoms. The average Bonchev–Trinajstić information content (AvgIpc) is 2.79. The summed E-state index contributed by atoms with van der Waals surface area (Å²) in [6.07, 6.45) is -5.01. The fraction of sp³-hybridized carbons (Fsp3) is 0.786. The number of amides is 3. The predicted molar refractivity (Wildman–Crippen MR) is 79.6 cm³/mol. The summed E-state index contributed by atoms with van der Waals surface area (Å²) in [7, 11) is 2.61. The first kappa shape index (κ1) is 20.3. The molecule has 2 N–H and O–H groups in total. The highest BCUT2D eigenvalue weighted by molar-refractivity contribution is 5.87. The van der Waals surface area contributed by atoms with E-state index in [2.05, 4.69) is 9.57 Å². The summed E-state index contributed by atoms with van der Waals surface area (Å²) in [5.41, 5.74) is 5.21. The van der Waals surface area contributed by atoms with Gasteiger partial charge in [-0.2, -0.15) is 18.7 Å². The first-order valence-electron chi connectivity index (χ1n) is 7.86. The van der Waals surface area contributed by atoms with E-state index in [-0.39, 0.29) is 32.6 Å². The minimum atomic E-state index is -4.41. The highest BCUT2D eigenvalue weighted by Crippen LogP contribution is 2.33. The average molecular weight is 381 g/mol. The van der Waals surface area contributed by atoms with Crippen molar-refractivity contribution in [3.63, 3.8) is 0 Å². The fourth-order valence-electron chi connectivity index (χ4n) is 2.92. The summed E-state index contributed by atoms with van der Waals surface area (Å²) < 4.78 is 42.4. The van der Waals surface area contributed by atoms with Crippen molar-refractivity contribution in [1.29, 1.82) is 0 Å². The lowest BCUT2D eigenvalue weighted by atomic mass is 10.0. The second-order valence-electron chi connectivity index (χ2n) is 5.96. The van der Waals surface area contributed by atoms with Gasteiger partial charge in [0.15, 0.2) is 0 Å². The van der Waals surface area contributed by atoms with Gasteiger partial charge >= 0.3 is 18.1 Å². The zero-order valence-corrected chi connectivity index (χ0v) is 14.4. The number of urea groups is 1. The van der Waals surface area contributed by atoms with Crippen LogP contribution >= 0.6 is 0 Å². The molecule has 0 aromatic rings. The number of ether oxygens (including phenoxy) is 3. The summed E-state index contributed by atoms with van der Waals surface area (Å²) in [5, 5.41) is 0.409. The molecule has 12 heteroatoms. The molecule has 10 nitrogen and oxygen atoms in total. The van der Waals surface area contributed by atoms with Gasteiger partial charge in [-0.25, -0.2) is 9.59 Å². The summed E-state index contributed by atoms with van der Waals surface area (Å²) in [6, 6.07) is -2.56. The van der Waals surface area contributed by atoms with Crippen molar-refractivity contribution >= 4 is 17.9 Å². The van der Waals surface area contributed by atoms with Gasteiger partial charge in [0.2, 0.25) is 5.91 Å². The third kappa shape index (κ3) is 4.19. The van der Waals surface area contributed by atoms with Crippen LogP contribution in [-0.4, -0.2) is 86.1 Å². The third-order valence-electron chi connectivity index (χ3n) is 4.08. The standard InChI is InChI=1S/C14H21F2N3O7/c1-23-6-9(7-24-2)25-12(21)14(15,16)26-19-8-3-4-10(11(17)20)18(5-8)13(19)22/h8-10H,3-7H2,1-2H3,(H2,17,20)/t8-,10+/m1/s1. The van der Waals surface area contributed by atoms with E-state index >= 15 is 0 Å². The van der Waals surface area contributed by atoms with Crippen LogP contribution in [-0.2, 0) is 28.6 Å². The van der Waals surface area contributed by atoms with E-state index in [0.717, 1.165) is 4.90 Å². The van der Waals surface area contributed by atoms with E-state index < -0.39 is 42.2 Å². The maximum atomic E-state index is 14.1. The van der Waals surface area contributed by atoms with Crippen LogP contribution in [0.1, 0.15) is 12.8 Å². The van der Waals surface area contributed by atoms with Crippen LogP contribution in [0.4, 0.5) is 13.6 Å². The SMILES string of the molecule is COCC(COC)OC(=O)C(F)(F)ON1C(=O)N2C[C@H]1CC[C@H]2C(N)=O. The van der Waals surface area contributed by atoms with Crippen LogP contribution in [0, 0.1) is 0 Å². The number of hydrogen-bond acceptors (Lipinski definition) is 7.